The summed E-state index contributed by atoms with van der Waals surface area (Å²) in [5.74, 6) is 0.758. The van der Waals surface area contributed by atoms with Crippen molar-refractivity contribution in [2.24, 2.45) is 0 Å². The predicted molar refractivity (Wildman–Crippen MR) is 150 cm³/mol. The van der Waals surface area contributed by atoms with Gasteiger partial charge in [-0.3, -0.25) is 19.8 Å². The van der Waals surface area contributed by atoms with Crippen LogP contribution in [0.25, 0.3) is 6.08 Å². The maximum atomic E-state index is 13.1. The van der Waals surface area contributed by atoms with E-state index in [1.165, 1.54) is 23.1 Å². The van der Waals surface area contributed by atoms with Crippen molar-refractivity contribution >= 4 is 85.9 Å². The van der Waals surface area contributed by atoms with E-state index in [1.807, 2.05) is 18.2 Å². The lowest BCUT2D eigenvalue weighted by atomic mass is 10.1. The molecular weight excluding hydrogens is 623 g/mol. The Kier molecular flexibility index (Phi) is 7.95. The number of hydrogen-bond acceptors (Lipinski definition) is 7. The van der Waals surface area contributed by atoms with Crippen LogP contribution >= 0.6 is 58.2 Å². The first kappa shape index (κ1) is 25.4. The van der Waals surface area contributed by atoms with Gasteiger partial charge in [-0.05, 0) is 70.1 Å². The van der Waals surface area contributed by atoms with Gasteiger partial charge in [-0.1, -0.05) is 53.8 Å². The molecule has 11 heteroatoms. The van der Waals surface area contributed by atoms with Crippen molar-refractivity contribution < 1.29 is 19.2 Å². The summed E-state index contributed by atoms with van der Waals surface area (Å²) in [4.78, 5) is 25.4. The van der Waals surface area contributed by atoms with Crippen LogP contribution in [0.5, 0.6) is 11.5 Å². The van der Waals surface area contributed by atoms with Crippen molar-refractivity contribution in [1.29, 1.82) is 0 Å². The standard InChI is InChI=1S/C24H16ClIN2O5S2/c1-32-20-10-15(9-19(26)22(20)33-13-14-5-7-16(25)8-6-14)11-21-23(29)27(24(34)35-21)17-3-2-4-18(12-17)28(30)31/h2-12H,13H2,1H3/b21-11-. The maximum Gasteiger partial charge on any atom is 0.271 e. The first-order valence-corrected chi connectivity index (χ1v) is 12.7. The van der Waals surface area contributed by atoms with Crippen LogP contribution in [0.3, 0.4) is 0 Å². The Hall–Kier alpha value is -2.67. The molecule has 0 aromatic heterocycles. The van der Waals surface area contributed by atoms with E-state index < -0.39 is 4.92 Å². The summed E-state index contributed by atoms with van der Waals surface area (Å²) in [6, 6.07) is 16.8. The first-order valence-electron chi connectivity index (χ1n) is 10.0. The number of carbonyl (C=O) groups is 1. The molecule has 0 N–H and O–H groups in total. The van der Waals surface area contributed by atoms with Crippen LogP contribution in [0.1, 0.15) is 11.1 Å². The number of amides is 1. The molecule has 3 aromatic carbocycles. The zero-order valence-corrected chi connectivity index (χ0v) is 22.6. The van der Waals surface area contributed by atoms with Crippen molar-refractivity contribution in [3.05, 3.63) is 95.4 Å². The van der Waals surface area contributed by atoms with Crippen molar-refractivity contribution in [3.8, 4) is 11.5 Å². The highest BCUT2D eigenvalue weighted by atomic mass is 127. The SMILES string of the molecule is COc1cc(/C=C2\SC(=S)N(c3cccc([N+](=O)[O-])c3)C2=O)cc(I)c1OCc1ccc(Cl)cc1. The number of nitro benzene ring substituents is 1. The molecule has 1 heterocycles. The summed E-state index contributed by atoms with van der Waals surface area (Å²) in [7, 11) is 1.55. The minimum absolute atomic E-state index is 0.117. The van der Waals surface area contributed by atoms with E-state index in [4.69, 9.17) is 33.3 Å². The highest BCUT2D eigenvalue weighted by molar-refractivity contribution is 14.1. The molecule has 0 aliphatic carbocycles. The third kappa shape index (κ3) is 5.77. The highest BCUT2D eigenvalue weighted by Crippen LogP contribution is 2.39. The van der Waals surface area contributed by atoms with Crippen LogP contribution in [-0.2, 0) is 11.4 Å². The average Bonchev–Trinajstić information content (AvgIpc) is 3.11. The molecule has 0 saturated carbocycles. The fourth-order valence-electron chi connectivity index (χ4n) is 3.29. The third-order valence-electron chi connectivity index (χ3n) is 4.94. The highest BCUT2D eigenvalue weighted by Gasteiger charge is 2.34. The third-order valence-corrected chi connectivity index (χ3v) is 7.29. The van der Waals surface area contributed by atoms with Crippen molar-refractivity contribution in [2.75, 3.05) is 12.0 Å². The van der Waals surface area contributed by atoms with Gasteiger partial charge in [0, 0.05) is 17.2 Å². The maximum absolute atomic E-state index is 13.1. The minimum Gasteiger partial charge on any atom is -0.493 e. The fourth-order valence-corrected chi connectivity index (χ4v) is 5.49. The van der Waals surface area contributed by atoms with Gasteiger partial charge in [0.2, 0.25) is 0 Å². The monoisotopic (exact) mass is 638 g/mol. The lowest BCUT2D eigenvalue weighted by Crippen LogP contribution is -2.27. The number of nitro groups is 1. The topological polar surface area (TPSA) is 81.9 Å². The molecule has 1 saturated heterocycles. The van der Waals surface area contributed by atoms with Crippen molar-refractivity contribution in [1.82, 2.24) is 0 Å². The smallest absolute Gasteiger partial charge is 0.271 e. The molecule has 0 unspecified atom stereocenters. The molecule has 35 heavy (non-hydrogen) atoms. The van der Waals surface area contributed by atoms with Gasteiger partial charge in [0.05, 0.1) is 26.2 Å². The zero-order chi connectivity index (χ0) is 25.1. The number of thiocarbonyl (C=S) groups is 1. The number of hydrogen-bond donors (Lipinski definition) is 0. The summed E-state index contributed by atoms with van der Waals surface area (Å²) in [6.07, 6.45) is 1.71. The predicted octanol–water partition coefficient (Wildman–Crippen LogP) is 6.85. The van der Waals surface area contributed by atoms with Crippen LogP contribution in [-0.4, -0.2) is 22.3 Å². The summed E-state index contributed by atoms with van der Waals surface area (Å²) in [5.41, 5.74) is 1.92. The normalized spacial score (nSPS) is 14.5. The molecule has 0 spiro atoms. The molecule has 1 amide bonds. The van der Waals surface area contributed by atoms with Crippen LogP contribution in [0, 0.1) is 13.7 Å². The Labute approximate surface area is 229 Å². The molecule has 1 fully saturated rings. The number of ether oxygens (including phenoxy) is 2. The number of benzene rings is 3. The Balaban J connectivity index is 1.58. The summed E-state index contributed by atoms with van der Waals surface area (Å²) >= 11 is 14.6. The number of halogens is 2. The molecule has 7 nitrogen and oxygen atoms in total. The lowest BCUT2D eigenvalue weighted by Gasteiger charge is -2.14. The second-order valence-electron chi connectivity index (χ2n) is 7.24. The summed E-state index contributed by atoms with van der Waals surface area (Å²) in [5, 5.41) is 11.8. The van der Waals surface area contributed by atoms with Crippen molar-refractivity contribution in [2.45, 2.75) is 6.61 Å². The second-order valence-corrected chi connectivity index (χ2v) is 10.5. The Bertz CT molecular complexity index is 1360. The zero-order valence-electron chi connectivity index (χ0n) is 18.1. The number of non-ortho nitro benzene ring substituents is 1. The molecule has 1 aliphatic rings. The van der Waals surface area contributed by atoms with Crippen LogP contribution in [0.15, 0.2) is 65.6 Å². The van der Waals surface area contributed by atoms with Gasteiger partial charge in [-0.15, -0.1) is 0 Å². The van der Waals surface area contributed by atoms with Gasteiger partial charge in [0.25, 0.3) is 11.6 Å². The Morgan fingerprint density at radius 3 is 2.63 bits per heavy atom. The van der Waals surface area contributed by atoms with Gasteiger partial charge in [-0.2, -0.15) is 0 Å². The summed E-state index contributed by atoms with van der Waals surface area (Å²) < 4.78 is 12.6. The van der Waals surface area contributed by atoms with E-state index in [1.54, 1.807) is 37.5 Å². The second kappa shape index (κ2) is 10.9. The largest absolute Gasteiger partial charge is 0.493 e. The molecule has 0 radical (unpaired) electrons. The fraction of sp³-hybridized carbons (Fsp3) is 0.0833. The van der Waals surface area contributed by atoms with E-state index in [0.717, 1.165) is 26.5 Å². The molecule has 3 aromatic rings. The molecule has 0 atom stereocenters. The van der Waals surface area contributed by atoms with E-state index >= 15 is 0 Å². The molecule has 0 bridgehead atoms. The Morgan fingerprint density at radius 1 is 1.20 bits per heavy atom. The molecule has 178 valence electrons. The van der Waals surface area contributed by atoms with Gasteiger partial charge in [-0.25, -0.2) is 0 Å². The molecular formula is C24H16ClIN2O5S2. The van der Waals surface area contributed by atoms with E-state index in [2.05, 4.69) is 22.6 Å². The van der Waals surface area contributed by atoms with Gasteiger partial charge >= 0.3 is 0 Å². The van der Waals surface area contributed by atoms with Gasteiger partial charge in [0.1, 0.15) is 6.61 Å². The van der Waals surface area contributed by atoms with E-state index in [9.17, 15) is 14.9 Å². The number of carbonyl (C=O) groups excluding carboxylic acids is 1. The van der Waals surface area contributed by atoms with Crippen molar-refractivity contribution in [3.63, 3.8) is 0 Å². The number of methoxy groups -OCH3 is 1. The van der Waals surface area contributed by atoms with Gasteiger partial charge < -0.3 is 9.47 Å². The number of nitrogens with zero attached hydrogens (tertiary/aromatic N) is 2. The van der Waals surface area contributed by atoms with E-state index in [0.29, 0.717) is 38.0 Å². The summed E-state index contributed by atoms with van der Waals surface area (Å²) in [6.45, 7) is 0.338. The number of thioether (sulfide) groups is 1. The Morgan fingerprint density at radius 2 is 1.94 bits per heavy atom. The van der Waals surface area contributed by atoms with Crippen LogP contribution in [0.2, 0.25) is 5.02 Å². The van der Waals surface area contributed by atoms with E-state index in [-0.39, 0.29) is 11.6 Å². The molecule has 4 rings (SSSR count). The number of rotatable bonds is 7. The minimum atomic E-state index is -0.512. The van der Waals surface area contributed by atoms with Gasteiger partial charge in [0.15, 0.2) is 15.8 Å². The first-order chi connectivity index (χ1) is 16.8. The quantitative estimate of drug-likeness (QED) is 0.0921. The lowest BCUT2D eigenvalue weighted by molar-refractivity contribution is -0.384. The van der Waals surface area contributed by atoms with Crippen LogP contribution in [0.4, 0.5) is 11.4 Å². The number of anilines is 1. The van der Waals surface area contributed by atoms with Crippen LogP contribution < -0.4 is 14.4 Å². The average molecular weight is 639 g/mol. The molecule has 1 aliphatic heterocycles.